The van der Waals surface area contributed by atoms with Crippen LogP contribution in [0.25, 0.3) is 0 Å². The van der Waals surface area contributed by atoms with Crippen molar-refractivity contribution >= 4 is 15.9 Å². The molecule has 0 radical (unpaired) electrons. The third-order valence-electron chi connectivity index (χ3n) is 3.68. The molecule has 0 aromatic carbocycles. The minimum Gasteiger partial charge on any atom is -0.320 e. The number of nitrogens with zero attached hydrogens (tertiary/aromatic N) is 2. The second kappa shape index (κ2) is 7.22. The van der Waals surface area contributed by atoms with Crippen LogP contribution in [0, 0.1) is 5.92 Å². The monoisotopic (exact) mass is 311 g/mol. The molecule has 2 heterocycles. The average Bonchev–Trinajstić information content (AvgIpc) is 2.38. The Balaban J connectivity index is 1.76. The van der Waals surface area contributed by atoms with Gasteiger partial charge in [-0.3, -0.25) is 9.88 Å². The number of nitrogens with one attached hydrogen (secondary N) is 1. The molecule has 1 aromatic heterocycles. The zero-order valence-electron chi connectivity index (χ0n) is 11.0. The van der Waals surface area contributed by atoms with Crippen LogP contribution in [0.5, 0.6) is 0 Å². The van der Waals surface area contributed by atoms with E-state index in [2.05, 4.69) is 37.2 Å². The summed E-state index contributed by atoms with van der Waals surface area (Å²) in [6, 6.07) is 2.17. The second-order valence-corrected chi connectivity index (χ2v) is 6.04. The summed E-state index contributed by atoms with van der Waals surface area (Å²) in [5.74, 6) is 0.911. The van der Waals surface area contributed by atoms with Crippen LogP contribution in [-0.4, -0.2) is 36.6 Å². The molecule has 1 saturated heterocycles. The van der Waals surface area contributed by atoms with E-state index in [-0.39, 0.29) is 0 Å². The quantitative estimate of drug-likeness (QED) is 0.906. The van der Waals surface area contributed by atoms with Gasteiger partial charge >= 0.3 is 0 Å². The van der Waals surface area contributed by atoms with Crippen LogP contribution in [0.1, 0.15) is 24.8 Å². The number of rotatable bonds is 5. The minimum atomic E-state index is 0.911. The first-order valence-electron chi connectivity index (χ1n) is 6.74. The first-order valence-corrected chi connectivity index (χ1v) is 7.53. The Morgan fingerprint density at radius 3 is 2.83 bits per heavy atom. The van der Waals surface area contributed by atoms with Crippen LogP contribution < -0.4 is 5.32 Å². The van der Waals surface area contributed by atoms with Gasteiger partial charge in [0.05, 0.1) is 0 Å². The molecular weight excluding hydrogens is 290 g/mol. The molecule has 4 heteroatoms. The van der Waals surface area contributed by atoms with Gasteiger partial charge in [0.1, 0.15) is 0 Å². The summed E-state index contributed by atoms with van der Waals surface area (Å²) in [5, 5.41) is 3.25. The van der Waals surface area contributed by atoms with E-state index >= 15 is 0 Å². The molecule has 100 valence electrons. The van der Waals surface area contributed by atoms with E-state index in [1.54, 1.807) is 0 Å². The van der Waals surface area contributed by atoms with Crippen LogP contribution in [0.4, 0.5) is 0 Å². The van der Waals surface area contributed by atoms with Crippen molar-refractivity contribution in [3.05, 3.63) is 28.5 Å². The van der Waals surface area contributed by atoms with E-state index in [9.17, 15) is 0 Å². The van der Waals surface area contributed by atoms with Gasteiger partial charge < -0.3 is 5.32 Å². The number of likely N-dealkylation sites (tertiary alicyclic amines) is 1. The first kappa shape index (κ1) is 14.0. The van der Waals surface area contributed by atoms with Crippen LogP contribution in [0.3, 0.4) is 0 Å². The Hall–Kier alpha value is -0.450. The standard InChI is InChI=1S/C14H22BrN3/c1-16-5-2-12-3-6-18(7-4-12)11-13-8-14(15)10-17-9-13/h8-10,12,16H,2-7,11H2,1H3. The van der Waals surface area contributed by atoms with Gasteiger partial charge in [0, 0.05) is 23.4 Å². The second-order valence-electron chi connectivity index (χ2n) is 5.12. The molecule has 0 atom stereocenters. The van der Waals surface area contributed by atoms with Crippen LogP contribution in [0.2, 0.25) is 0 Å². The van der Waals surface area contributed by atoms with Gasteiger partial charge in [-0.25, -0.2) is 0 Å². The van der Waals surface area contributed by atoms with Crippen LogP contribution in [0.15, 0.2) is 22.9 Å². The molecule has 1 aliphatic heterocycles. The SMILES string of the molecule is CNCCC1CCN(Cc2cncc(Br)c2)CC1. The highest BCUT2D eigenvalue weighted by atomic mass is 79.9. The smallest absolute Gasteiger partial charge is 0.0410 e. The van der Waals surface area contributed by atoms with E-state index in [0.717, 1.165) is 23.5 Å². The largest absolute Gasteiger partial charge is 0.320 e. The molecule has 0 bridgehead atoms. The Kier molecular flexibility index (Phi) is 5.60. The number of halogens is 1. The van der Waals surface area contributed by atoms with Crippen molar-refractivity contribution < 1.29 is 0 Å². The molecule has 3 nitrogen and oxygen atoms in total. The lowest BCUT2D eigenvalue weighted by Crippen LogP contribution is -2.34. The lowest BCUT2D eigenvalue weighted by Gasteiger charge is -2.31. The van der Waals surface area contributed by atoms with Gasteiger partial charge in [-0.05, 0) is 79.4 Å². The van der Waals surface area contributed by atoms with E-state index in [1.807, 2.05) is 19.4 Å². The number of piperidine rings is 1. The fourth-order valence-corrected chi connectivity index (χ4v) is 2.99. The Labute approximate surface area is 118 Å². The average molecular weight is 312 g/mol. The van der Waals surface area contributed by atoms with Crippen molar-refractivity contribution in [2.75, 3.05) is 26.7 Å². The third-order valence-corrected chi connectivity index (χ3v) is 4.11. The predicted octanol–water partition coefficient (Wildman–Crippen LogP) is 2.67. The molecule has 2 rings (SSSR count). The molecule has 1 aliphatic rings. The molecule has 0 spiro atoms. The molecule has 1 fully saturated rings. The molecule has 0 unspecified atom stereocenters. The molecule has 1 aromatic rings. The van der Waals surface area contributed by atoms with Gasteiger partial charge in [-0.1, -0.05) is 0 Å². The summed E-state index contributed by atoms with van der Waals surface area (Å²) in [7, 11) is 2.04. The Morgan fingerprint density at radius 1 is 1.39 bits per heavy atom. The maximum Gasteiger partial charge on any atom is 0.0410 e. The minimum absolute atomic E-state index is 0.911. The zero-order chi connectivity index (χ0) is 12.8. The molecular formula is C14H22BrN3. The van der Waals surface area contributed by atoms with E-state index in [4.69, 9.17) is 0 Å². The van der Waals surface area contributed by atoms with Crippen LogP contribution >= 0.6 is 15.9 Å². The summed E-state index contributed by atoms with van der Waals surface area (Å²) in [6.07, 6.45) is 7.81. The number of hydrogen-bond donors (Lipinski definition) is 1. The topological polar surface area (TPSA) is 28.2 Å². The number of pyridine rings is 1. The summed E-state index contributed by atoms with van der Waals surface area (Å²) < 4.78 is 1.07. The lowest BCUT2D eigenvalue weighted by molar-refractivity contribution is 0.172. The Morgan fingerprint density at radius 2 is 2.17 bits per heavy atom. The highest BCUT2D eigenvalue weighted by Gasteiger charge is 2.18. The fourth-order valence-electron chi connectivity index (χ4n) is 2.58. The molecule has 0 amide bonds. The zero-order valence-corrected chi connectivity index (χ0v) is 12.6. The lowest BCUT2D eigenvalue weighted by atomic mass is 9.93. The van der Waals surface area contributed by atoms with Crippen molar-refractivity contribution in [1.29, 1.82) is 0 Å². The summed E-state index contributed by atoms with van der Waals surface area (Å²) in [6.45, 7) is 4.63. The van der Waals surface area contributed by atoms with E-state index < -0.39 is 0 Å². The number of aromatic nitrogens is 1. The van der Waals surface area contributed by atoms with Gasteiger partial charge in [0.25, 0.3) is 0 Å². The maximum atomic E-state index is 4.22. The highest BCUT2D eigenvalue weighted by Crippen LogP contribution is 2.21. The summed E-state index contributed by atoms with van der Waals surface area (Å²) in [4.78, 5) is 6.76. The summed E-state index contributed by atoms with van der Waals surface area (Å²) >= 11 is 3.48. The van der Waals surface area contributed by atoms with Crippen molar-refractivity contribution in [1.82, 2.24) is 15.2 Å². The summed E-state index contributed by atoms with van der Waals surface area (Å²) in [5.41, 5.74) is 1.30. The van der Waals surface area contributed by atoms with Gasteiger partial charge in [0.2, 0.25) is 0 Å². The maximum absolute atomic E-state index is 4.22. The first-order chi connectivity index (χ1) is 8.78. The molecule has 0 saturated carbocycles. The molecule has 1 N–H and O–H groups in total. The van der Waals surface area contributed by atoms with E-state index in [0.29, 0.717) is 0 Å². The normalized spacial score (nSPS) is 18.1. The predicted molar refractivity (Wildman–Crippen MR) is 78.5 cm³/mol. The van der Waals surface area contributed by atoms with Crippen molar-refractivity contribution in [3.63, 3.8) is 0 Å². The third kappa shape index (κ3) is 4.34. The van der Waals surface area contributed by atoms with Crippen molar-refractivity contribution in [2.24, 2.45) is 5.92 Å². The number of hydrogen-bond acceptors (Lipinski definition) is 3. The van der Waals surface area contributed by atoms with Crippen molar-refractivity contribution in [2.45, 2.75) is 25.8 Å². The molecule has 18 heavy (non-hydrogen) atoms. The Bertz CT molecular complexity index is 362. The van der Waals surface area contributed by atoms with Crippen molar-refractivity contribution in [3.8, 4) is 0 Å². The van der Waals surface area contributed by atoms with Crippen LogP contribution in [-0.2, 0) is 6.54 Å². The fraction of sp³-hybridized carbons (Fsp3) is 0.643. The highest BCUT2D eigenvalue weighted by molar-refractivity contribution is 9.10. The molecule has 0 aliphatic carbocycles. The van der Waals surface area contributed by atoms with Gasteiger partial charge in [-0.15, -0.1) is 0 Å². The van der Waals surface area contributed by atoms with Gasteiger partial charge in [0.15, 0.2) is 0 Å². The van der Waals surface area contributed by atoms with E-state index in [1.165, 1.54) is 37.9 Å². The van der Waals surface area contributed by atoms with Gasteiger partial charge in [-0.2, -0.15) is 0 Å².